The summed E-state index contributed by atoms with van der Waals surface area (Å²) in [4.78, 5) is 30.3. The molecule has 1 aliphatic rings. The second kappa shape index (κ2) is 7.21. The highest BCUT2D eigenvalue weighted by Crippen LogP contribution is 2.33. The van der Waals surface area contributed by atoms with E-state index < -0.39 is 6.10 Å². The molecule has 1 aromatic heterocycles. The number of carbonyl (C=O) groups excluding carboxylic acids is 2. The number of aromatic nitrogens is 1. The molecule has 0 bridgehead atoms. The minimum atomic E-state index is -0.624. The molecule has 130 valence electrons. The number of benzene rings is 1. The lowest BCUT2D eigenvalue weighted by Crippen LogP contribution is -2.48. The zero-order valence-corrected chi connectivity index (χ0v) is 14.1. The fourth-order valence-electron chi connectivity index (χ4n) is 2.66. The molecule has 0 aliphatic carbocycles. The highest BCUT2D eigenvalue weighted by atomic mass is 16.5. The van der Waals surface area contributed by atoms with E-state index in [4.69, 9.17) is 9.47 Å². The van der Waals surface area contributed by atoms with Crippen LogP contribution in [0, 0.1) is 0 Å². The van der Waals surface area contributed by atoms with Crippen molar-refractivity contribution in [3.05, 3.63) is 48.2 Å². The number of fused-ring (bicyclic) bond motifs is 1. The van der Waals surface area contributed by atoms with E-state index in [-0.39, 0.29) is 24.9 Å². The van der Waals surface area contributed by atoms with Crippen molar-refractivity contribution in [2.45, 2.75) is 19.6 Å². The van der Waals surface area contributed by atoms with E-state index in [0.717, 1.165) is 5.56 Å². The Morgan fingerprint density at radius 3 is 2.92 bits per heavy atom. The Hall–Kier alpha value is -3.09. The van der Waals surface area contributed by atoms with Crippen LogP contribution in [0.3, 0.4) is 0 Å². The quantitative estimate of drug-likeness (QED) is 0.892. The number of para-hydroxylation sites is 2. The first-order valence-electron chi connectivity index (χ1n) is 7.92. The highest BCUT2D eigenvalue weighted by molar-refractivity contribution is 6.03. The Labute approximate surface area is 145 Å². The first-order chi connectivity index (χ1) is 12.1. The lowest BCUT2D eigenvalue weighted by molar-refractivity contribution is -0.128. The Morgan fingerprint density at radius 1 is 1.32 bits per heavy atom. The SMILES string of the molecule is COc1ncccc1CNC(=O)CN1C(=O)C(C)Oc2ccccc21. The number of pyridine rings is 1. The number of ether oxygens (including phenoxy) is 2. The van der Waals surface area contributed by atoms with Crippen molar-refractivity contribution >= 4 is 17.5 Å². The largest absolute Gasteiger partial charge is 0.481 e. The van der Waals surface area contributed by atoms with Crippen LogP contribution < -0.4 is 19.7 Å². The van der Waals surface area contributed by atoms with Gasteiger partial charge in [0.15, 0.2) is 6.10 Å². The number of hydrogen-bond acceptors (Lipinski definition) is 5. The third kappa shape index (κ3) is 3.55. The van der Waals surface area contributed by atoms with Gasteiger partial charge >= 0.3 is 0 Å². The number of amides is 2. The molecule has 0 radical (unpaired) electrons. The van der Waals surface area contributed by atoms with Crippen LogP contribution in [0.1, 0.15) is 12.5 Å². The normalized spacial score (nSPS) is 16.0. The Balaban J connectivity index is 1.69. The molecule has 0 spiro atoms. The number of rotatable bonds is 5. The molecule has 1 unspecified atom stereocenters. The topological polar surface area (TPSA) is 80.8 Å². The Kier molecular flexibility index (Phi) is 4.83. The summed E-state index contributed by atoms with van der Waals surface area (Å²) in [5.74, 6) is 0.538. The zero-order chi connectivity index (χ0) is 17.8. The van der Waals surface area contributed by atoms with Gasteiger partial charge in [-0.1, -0.05) is 18.2 Å². The maximum Gasteiger partial charge on any atom is 0.268 e. The monoisotopic (exact) mass is 341 g/mol. The summed E-state index contributed by atoms with van der Waals surface area (Å²) in [5.41, 5.74) is 1.36. The Bertz CT molecular complexity index is 793. The first kappa shape index (κ1) is 16.8. The maximum absolute atomic E-state index is 12.4. The third-order valence-electron chi connectivity index (χ3n) is 3.89. The van der Waals surface area contributed by atoms with Crippen LogP contribution in [0.4, 0.5) is 5.69 Å². The van der Waals surface area contributed by atoms with Crippen molar-refractivity contribution in [2.24, 2.45) is 0 Å². The molecule has 7 nitrogen and oxygen atoms in total. The van der Waals surface area contributed by atoms with Gasteiger partial charge in [0.25, 0.3) is 5.91 Å². The van der Waals surface area contributed by atoms with Crippen molar-refractivity contribution in [3.63, 3.8) is 0 Å². The Morgan fingerprint density at radius 2 is 2.12 bits per heavy atom. The molecular formula is C18H19N3O4. The fraction of sp³-hybridized carbons (Fsp3) is 0.278. The van der Waals surface area contributed by atoms with Gasteiger partial charge in [-0.3, -0.25) is 14.5 Å². The molecule has 1 atom stereocenters. The molecule has 2 heterocycles. The van der Waals surface area contributed by atoms with Crippen molar-refractivity contribution in [2.75, 3.05) is 18.6 Å². The van der Waals surface area contributed by atoms with E-state index in [1.165, 1.54) is 12.0 Å². The van der Waals surface area contributed by atoms with E-state index in [0.29, 0.717) is 17.3 Å². The molecular weight excluding hydrogens is 322 g/mol. The van der Waals surface area contributed by atoms with Crippen molar-refractivity contribution in [1.29, 1.82) is 0 Å². The molecule has 1 N–H and O–H groups in total. The average molecular weight is 341 g/mol. The van der Waals surface area contributed by atoms with Crippen LogP contribution >= 0.6 is 0 Å². The standard InChI is InChI=1S/C18H19N3O4/c1-12-18(23)21(14-7-3-4-8-15(14)25-12)11-16(22)20-10-13-6-5-9-19-17(13)24-2/h3-9,12H,10-11H2,1-2H3,(H,20,22). The number of hydrogen-bond donors (Lipinski definition) is 1. The van der Waals surface area contributed by atoms with Gasteiger partial charge in [-0.25, -0.2) is 4.98 Å². The highest BCUT2D eigenvalue weighted by Gasteiger charge is 2.32. The lowest BCUT2D eigenvalue weighted by Gasteiger charge is -2.32. The van der Waals surface area contributed by atoms with Crippen LogP contribution in [0.5, 0.6) is 11.6 Å². The molecule has 7 heteroatoms. The summed E-state index contributed by atoms with van der Waals surface area (Å²) in [7, 11) is 1.53. The minimum absolute atomic E-state index is 0.0773. The van der Waals surface area contributed by atoms with Crippen LogP contribution in [-0.4, -0.2) is 36.6 Å². The first-order valence-corrected chi connectivity index (χ1v) is 7.92. The molecule has 3 rings (SSSR count). The fourth-order valence-corrected chi connectivity index (χ4v) is 2.66. The van der Waals surface area contributed by atoms with Gasteiger partial charge in [-0.15, -0.1) is 0 Å². The van der Waals surface area contributed by atoms with Gasteiger partial charge < -0.3 is 14.8 Å². The summed E-state index contributed by atoms with van der Waals surface area (Å²) >= 11 is 0. The number of carbonyl (C=O) groups is 2. The van der Waals surface area contributed by atoms with E-state index in [1.807, 2.05) is 12.1 Å². The minimum Gasteiger partial charge on any atom is -0.481 e. The predicted octanol–water partition coefficient (Wildman–Crippen LogP) is 1.52. The van der Waals surface area contributed by atoms with Gasteiger partial charge in [0.2, 0.25) is 11.8 Å². The summed E-state index contributed by atoms with van der Waals surface area (Å²) in [5, 5.41) is 2.79. The van der Waals surface area contributed by atoms with E-state index in [1.54, 1.807) is 37.4 Å². The van der Waals surface area contributed by atoms with Gasteiger partial charge in [-0.05, 0) is 25.1 Å². The van der Waals surface area contributed by atoms with Crippen molar-refractivity contribution in [1.82, 2.24) is 10.3 Å². The molecule has 0 saturated carbocycles. The van der Waals surface area contributed by atoms with Crippen molar-refractivity contribution < 1.29 is 19.1 Å². The number of nitrogens with one attached hydrogen (secondary N) is 1. The second-order valence-electron chi connectivity index (χ2n) is 5.60. The van der Waals surface area contributed by atoms with Gasteiger partial charge in [0, 0.05) is 18.3 Å². The van der Waals surface area contributed by atoms with Crippen LogP contribution in [0.2, 0.25) is 0 Å². The second-order valence-corrected chi connectivity index (χ2v) is 5.60. The zero-order valence-electron chi connectivity index (χ0n) is 14.1. The predicted molar refractivity (Wildman–Crippen MR) is 91.5 cm³/mol. The van der Waals surface area contributed by atoms with Gasteiger partial charge in [-0.2, -0.15) is 0 Å². The smallest absolute Gasteiger partial charge is 0.268 e. The maximum atomic E-state index is 12.4. The number of nitrogens with zero attached hydrogens (tertiary/aromatic N) is 2. The van der Waals surface area contributed by atoms with E-state index >= 15 is 0 Å². The van der Waals surface area contributed by atoms with E-state index in [2.05, 4.69) is 10.3 Å². The molecule has 0 saturated heterocycles. The lowest BCUT2D eigenvalue weighted by atomic mass is 10.2. The molecule has 1 aliphatic heterocycles. The third-order valence-corrected chi connectivity index (χ3v) is 3.89. The summed E-state index contributed by atoms with van der Waals surface area (Å²) < 4.78 is 10.7. The molecule has 25 heavy (non-hydrogen) atoms. The number of methoxy groups -OCH3 is 1. The van der Waals surface area contributed by atoms with Crippen LogP contribution in [0.25, 0.3) is 0 Å². The average Bonchev–Trinajstić information content (AvgIpc) is 2.64. The molecule has 0 fully saturated rings. The summed E-state index contributed by atoms with van der Waals surface area (Å²) in [6.07, 6.45) is 0.996. The van der Waals surface area contributed by atoms with Gasteiger partial charge in [0.1, 0.15) is 12.3 Å². The van der Waals surface area contributed by atoms with E-state index in [9.17, 15) is 9.59 Å². The number of anilines is 1. The summed E-state index contributed by atoms with van der Waals surface area (Å²) in [6.45, 7) is 1.86. The van der Waals surface area contributed by atoms with Gasteiger partial charge in [0.05, 0.1) is 12.8 Å². The molecule has 2 amide bonds. The van der Waals surface area contributed by atoms with Crippen LogP contribution in [-0.2, 0) is 16.1 Å². The molecule has 2 aromatic rings. The molecule has 1 aromatic carbocycles. The van der Waals surface area contributed by atoms with Crippen molar-refractivity contribution in [3.8, 4) is 11.6 Å². The van der Waals surface area contributed by atoms with Crippen LogP contribution in [0.15, 0.2) is 42.6 Å². The summed E-state index contributed by atoms with van der Waals surface area (Å²) in [6, 6.07) is 10.8.